The lowest BCUT2D eigenvalue weighted by Gasteiger charge is -2.33. The van der Waals surface area contributed by atoms with Crippen LogP contribution in [-0.4, -0.2) is 62.5 Å². The van der Waals surface area contributed by atoms with Crippen LogP contribution in [-0.2, 0) is 14.8 Å². The molecule has 0 atom stereocenters. The Balaban J connectivity index is 1.29. The fourth-order valence-electron chi connectivity index (χ4n) is 3.66. The Hall–Kier alpha value is -2.59. The Morgan fingerprint density at radius 3 is 2.41 bits per heavy atom. The number of carbonyl (C=O) groups excluding carboxylic acids is 1. The molecule has 3 aromatic rings. The zero-order valence-electron chi connectivity index (χ0n) is 17.3. The lowest BCUT2D eigenvalue weighted by Crippen LogP contribution is -2.50. The van der Waals surface area contributed by atoms with Gasteiger partial charge in [-0.25, -0.2) is 13.8 Å². The molecule has 1 fully saturated rings. The molecule has 0 saturated carbocycles. The van der Waals surface area contributed by atoms with Crippen molar-refractivity contribution in [2.75, 3.05) is 32.7 Å². The van der Waals surface area contributed by atoms with E-state index in [4.69, 9.17) is 0 Å². The van der Waals surface area contributed by atoms with Crippen LogP contribution in [0.4, 0.5) is 0 Å². The van der Waals surface area contributed by atoms with Gasteiger partial charge in [-0.3, -0.25) is 9.69 Å². The van der Waals surface area contributed by atoms with Crippen molar-refractivity contribution in [3.63, 3.8) is 0 Å². The molecule has 0 aromatic heterocycles. The first kappa shape index (κ1) is 22.6. The van der Waals surface area contributed by atoms with Crippen molar-refractivity contribution in [3.05, 3.63) is 76.8 Å². The lowest BCUT2D eigenvalue weighted by molar-refractivity contribution is -0.122. The summed E-state index contributed by atoms with van der Waals surface area (Å²) >= 11 is 3.32. The molecule has 1 saturated heterocycles. The van der Waals surface area contributed by atoms with Gasteiger partial charge in [0, 0.05) is 36.2 Å². The van der Waals surface area contributed by atoms with Gasteiger partial charge >= 0.3 is 0 Å². The van der Waals surface area contributed by atoms with E-state index in [1.807, 2.05) is 47.4 Å². The molecule has 0 spiro atoms. The standard InChI is InChI=1S/C23H23BrN4O3S/c24-20-8-10-21(11-9-20)32(30,31)28-14-12-27(13-15-28)17-23(29)26-25-16-19-6-3-5-18-4-1-2-7-22(18)19/h1-11,16H,12-15,17H2,(H,26,29)/b25-16-. The third-order valence-corrected chi connectivity index (χ3v) is 7.81. The van der Waals surface area contributed by atoms with Gasteiger partial charge in [-0.2, -0.15) is 9.41 Å². The molecule has 9 heteroatoms. The third kappa shape index (κ3) is 5.24. The average Bonchev–Trinajstić information content (AvgIpc) is 2.80. The molecule has 7 nitrogen and oxygen atoms in total. The van der Waals surface area contributed by atoms with E-state index < -0.39 is 10.0 Å². The van der Waals surface area contributed by atoms with Gasteiger partial charge in [0.05, 0.1) is 17.7 Å². The summed E-state index contributed by atoms with van der Waals surface area (Å²) in [5.41, 5.74) is 3.49. The number of hydrogen-bond acceptors (Lipinski definition) is 5. The Morgan fingerprint density at radius 2 is 1.66 bits per heavy atom. The van der Waals surface area contributed by atoms with Gasteiger partial charge in [-0.05, 0) is 35.0 Å². The number of hydrogen-bond donors (Lipinski definition) is 1. The van der Waals surface area contributed by atoms with Crippen molar-refractivity contribution in [1.82, 2.24) is 14.6 Å². The number of fused-ring (bicyclic) bond motifs is 1. The maximum absolute atomic E-state index is 12.8. The van der Waals surface area contributed by atoms with Crippen LogP contribution in [0, 0.1) is 0 Å². The fraction of sp³-hybridized carbons (Fsp3) is 0.217. The zero-order valence-corrected chi connectivity index (χ0v) is 19.7. The first-order chi connectivity index (χ1) is 15.4. The van der Waals surface area contributed by atoms with Crippen molar-refractivity contribution in [3.8, 4) is 0 Å². The highest BCUT2D eigenvalue weighted by atomic mass is 79.9. The number of piperazine rings is 1. The topological polar surface area (TPSA) is 82.1 Å². The molecular weight excluding hydrogens is 492 g/mol. The summed E-state index contributed by atoms with van der Waals surface area (Å²) in [6.07, 6.45) is 1.64. The van der Waals surface area contributed by atoms with Crippen LogP contribution in [0.15, 0.2) is 81.2 Å². The van der Waals surface area contributed by atoms with Gasteiger partial charge in [0.1, 0.15) is 0 Å². The Labute approximate surface area is 195 Å². The summed E-state index contributed by atoms with van der Waals surface area (Å²) in [6.45, 7) is 1.81. The largest absolute Gasteiger partial charge is 0.292 e. The summed E-state index contributed by atoms with van der Waals surface area (Å²) in [7, 11) is -3.53. The van der Waals surface area contributed by atoms with Gasteiger partial charge in [0.15, 0.2) is 0 Å². The predicted molar refractivity (Wildman–Crippen MR) is 129 cm³/mol. The fourth-order valence-corrected chi connectivity index (χ4v) is 5.35. The number of carbonyl (C=O) groups is 1. The van der Waals surface area contributed by atoms with E-state index in [1.54, 1.807) is 30.5 Å². The number of sulfonamides is 1. The van der Waals surface area contributed by atoms with Crippen LogP contribution < -0.4 is 5.43 Å². The first-order valence-electron chi connectivity index (χ1n) is 10.2. The van der Waals surface area contributed by atoms with E-state index in [1.165, 1.54) is 4.31 Å². The molecule has 166 valence electrons. The number of hydrazone groups is 1. The minimum absolute atomic E-state index is 0.166. The summed E-state index contributed by atoms with van der Waals surface area (Å²) in [5, 5.41) is 6.27. The van der Waals surface area contributed by atoms with E-state index in [9.17, 15) is 13.2 Å². The number of benzene rings is 3. The number of nitrogens with one attached hydrogen (secondary N) is 1. The molecule has 1 aliphatic heterocycles. The summed E-state index contributed by atoms with van der Waals surface area (Å²) < 4.78 is 27.9. The second-order valence-corrected chi connectivity index (χ2v) is 10.3. The molecule has 0 aliphatic carbocycles. The molecule has 0 radical (unpaired) electrons. The normalized spacial score (nSPS) is 15.9. The van der Waals surface area contributed by atoms with Crippen molar-refractivity contribution >= 4 is 48.8 Å². The molecule has 1 N–H and O–H groups in total. The summed E-state index contributed by atoms with van der Waals surface area (Å²) in [4.78, 5) is 14.5. The smallest absolute Gasteiger partial charge is 0.254 e. The van der Waals surface area contributed by atoms with E-state index in [2.05, 4.69) is 26.5 Å². The Morgan fingerprint density at radius 1 is 0.969 bits per heavy atom. The molecule has 3 aromatic carbocycles. The van der Waals surface area contributed by atoms with E-state index in [0.29, 0.717) is 26.2 Å². The zero-order chi connectivity index (χ0) is 22.6. The lowest BCUT2D eigenvalue weighted by atomic mass is 10.1. The van der Waals surface area contributed by atoms with Crippen molar-refractivity contribution in [2.24, 2.45) is 5.10 Å². The summed E-state index contributed by atoms with van der Waals surface area (Å²) in [5.74, 6) is -0.231. The van der Waals surface area contributed by atoms with Gasteiger partial charge in [-0.15, -0.1) is 0 Å². The number of nitrogens with zero attached hydrogens (tertiary/aromatic N) is 3. The minimum Gasteiger partial charge on any atom is -0.292 e. The van der Waals surface area contributed by atoms with Crippen molar-refractivity contribution in [1.29, 1.82) is 0 Å². The molecular formula is C23H23BrN4O3S. The highest BCUT2D eigenvalue weighted by Gasteiger charge is 2.28. The van der Waals surface area contributed by atoms with Crippen molar-refractivity contribution < 1.29 is 13.2 Å². The van der Waals surface area contributed by atoms with Gasteiger partial charge in [0.25, 0.3) is 5.91 Å². The highest BCUT2D eigenvalue weighted by Crippen LogP contribution is 2.20. The van der Waals surface area contributed by atoms with Crippen molar-refractivity contribution in [2.45, 2.75) is 4.90 Å². The predicted octanol–water partition coefficient (Wildman–Crippen LogP) is 3.06. The first-order valence-corrected chi connectivity index (χ1v) is 12.4. The SMILES string of the molecule is O=C(CN1CCN(S(=O)(=O)c2ccc(Br)cc2)CC1)N/N=C\c1cccc2ccccc12. The maximum Gasteiger partial charge on any atom is 0.254 e. The van der Waals surface area contributed by atoms with Gasteiger partial charge in [-0.1, -0.05) is 58.4 Å². The summed E-state index contributed by atoms with van der Waals surface area (Å²) in [6, 6.07) is 20.5. The quantitative estimate of drug-likeness (QED) is 0.404. The Bertz CT molecular complexity index is 1230. The second kappa shape index (κ2) is 9.91. The molecule has 0 bridgehead atoms. The van der Waals surface area contributed by atoms with Crippen LogP contribution >= 0.6 is 15.9 Å². The van der Waals surface area contributed by atoms with Crippen LogP contribution in [0.5, 0.6) is 0 Å². The van der Waals surface area contributed by atoms with E-state index >= 15 is 0 Å². The van der Waals surface area contributed by atoms with Crippen LogP contribution in [0.1, 0.15) is 5.56 Å². The van der Waals surface area contributed by atoms with Crippen LogP contribution in [0.2, 0.25) is 0 Å². The molecule has 1 heterocycles. The van der Waals surface area contributed by atoms with E-state index in [0.717, 1.165) is 20.8 Å². The number of amides is 1. The average molecular weight is 515 g/mol. The number of rotatable bonds is 6. The molecule has 0 unspecified atom stereocenters. The molecule has 1 aliphatic rings. The molecule has 32 heavy (non-hydrogen) atoms. The second-order valence-electron chi connectivity index (χ2n) is 7.50. The molecule has 4 rings (SSSR count). The van der Waals surface area contributed by atoms with Crippen LogP contribution in [0.3, 0.4) is 0 Å². The van der Waals surface area contributed by atoms with Gasteiger partial charge < -0.3 is 0 Å². The highest BCUT2D eigenvalue weighted by molar-refractivity contribution is 9.10. The van der Waals surface area contributed by atoms with E-state index in [-0.39, 0.29) is 17.3 Å². The monoisotopic (exact) mass is 514 g/mol. The maximum atomic E-state index is 12.8. The van der Waals surface area contributed by atoms with Crippen LogP contribution in [0.25, 0.3) is 10.8 Å². The molecule has 1 amide bonds. The Kier molecular flexibility index (Phi) is 7.00. The third-order valence-electron chi connectivity index (χ3n) is 5.37. The minimum atomic E-state index is -3.53. The number of halogens is 1. The van der Waals surface area contributed by atoms with Gasteiger partial charge in [0.2, 0.25) is 10.0 Å².